The monoisotopic (exact) mass is 374 g/mol. The number of hydrogen-bond donors (Lipinski definition) is 1. The smallest absolute Gasteiger partial charge is 0.262 e. The first-order chi connectivity index (χ1) is 9.29. The zero-order valence-electron chi connectivity index (χ0n) is 10.8. The third-order valence-electron chi connectivity index (χ3n) is 2.66. The van der Waals surface area contributed by atoms with Crippen LogP contribution in [0.3, 0.4) is 0 Å². The Hall–Kier alpha value is -1.11. The molecule has 0 radical (unpaired) electrons. The Labute approximate surface area is 131 Å². The molecule has 4 nitrogen and oxygen atoms in total. The minimum absolute atomic E-state index is 0.119. The van der Waals surface area contributed by atoms with Gasteiger partial charge in [-0.2, -0.15) is 0 Å². The number of nitrogens with one attached hydrogen (secondary N) is 1. The fourth-order valence-electron chi connectivity index (χ4n) is 1.61. The molecule has 20 heavy (non-hydrogen) atoms. The van der Waals surface area contributed by atoms with Gasteiger partial charge in [0.1, 0.15) is 0 Å². The molecule has 1 N–H and O–H groups in total. The van der Waals surface area contributed by atoms with Gasteiger partial charge in [0.25, 0.3) is 10.0 Å². The van der Waals surface area contributed by atoms with Gasteiger partial charge in [-0.15, -0.1) is 0 Å². The number of anilines is 1. The molecule has 0 aliphatic carbocycles. The summed E-state index contributed by atoms with van der Waals surface area (Å²) in [5.74, 6) is 0. The molecule has 0 bridgehead atoms. The highest BCUT2D eigenvalue weighted by molar-refractivity contribution is 9.10. The van der Waals surface area contributed by atoms with Gasteiger partial charge in [-0.3, -0.25) is 4.72 Å². The normalized spacial score (nSPS) is 11.4. The van der Waals surface area contributed by atoms with E-state index in [1.54, 1.807) is 24.4 Å². The highest BCUT2D eigenvalue weighted by Gasteiger charge is 2.17. The summed E-state index contributed by atoms with van der Waals surface area (Å²) in [7, 11) is -3.69. The summed E-state index contributed by atoms with van der Waals surface area (Å²) in [6, 6.07) is 6.44. The van der Waals surface area contributed by atoms with Gasteiger partial charge in [0, 0.05) is 10.7 Å². The van der Waals surface area contributed by atoms with Gasteiger partial charge >= 0.3 is 0 Å². The Kier molecular flexibility index (Phi) is 4.36. The van der Waals surface area contributed by atoms with Crippen molar-refractivity contribution in [1.29, 1.82) is 0 Å². The number of aromatic nitrogens is 1. The summed E-state index contributed by atoms with van der Waals surface area (Å²) in [6.45, 7) is 3.63. The van der Waals surface area contributed by atoms with E-state index in [1.165, 1.54) is 6.07 Å². The molecule has 0 unspecified atom stereocenters. The second-order valence-corrected chi connectivity index (χ2v) is 7.26. The van der Waals surface area contributed by atoms with Crippen molar-refractivity contribution in [2.75, 3.05) is 4.72 Å². The van der Waals surface area contributed by atoms with E-state index in [2.05, 4.69) is 25.6 Å². The van der Waals surface area contributed by atoms with Crippen molar-refractivity contribution in [3.8, 4) is 0 Å². The Morgan fingerprint density at radius 3 is 2.60 bits per heavy atom. The molecule has 2 rings (SSSR count). The highest BCUT2D eigenvalue weighted by atomic mass is 79.9. The molecule has 0 fully saturated rings. The minimum atomic E-state index is -3.69. The van der Waals surface area contributed by atoms with Gasteiger partial charge < -0.3 is 0 Å². The van der Waals surface area contributed by atoms with E-state index >= 15 is 0 Å². The van der Waals surface area contributed by atoms with Crippen LogP contribution in [0.1, 0.15) is 11.1 Å². The molecular formula is C13H12BrClN2O2S. The van der Waals surface area contributed by atoms with E-state index in [9.17, 15) is 8.42 Å². The van der Waals surface area contributed by atoms with Gasteiger partial charge in [0.05, 0.1) is 10.6 Å². The third-order valence-corrected chi connectivity index (χ3v) is 5.21. The Morgan fingerprint density at radius 2 is 1.95 bits per heavy atom. The van der Waals surface area contributed by atoms with Crippen LogP contribution in [0.4, 0.5) is 5.69 Å². The lowest BCUT2D eigenvalue weighted by Crippen LogP contribution is -2.14. The summed E-state index contributed by atoms with van der Waals surface area (Å²) in [5.41, 5.74) is 1.92. The van der Waals surface area contributed by atoms with Crippen LogP contribution in [0.5, 0.6) is 0 Å². The van der Waals surface area contributed by atoms with Crippen LogP contribution in [-0.2, 0) is 10.0 Å². The molecule has 1 aromatic carbocycles. The number of hydrogen-bond acceptors (Lipinski definition) is 3. The standard InChI is InChI=1S/C13H12BrClN2O2S/c1-8-5-12(13(15)16-7-8)17-20(18,19)10-3-4-11(14)9(2)6-10/h3-7,17H,1-2H3. The lowest BCUT2D eigenvalue weighted by atomic mass is 10.2. The number of halogens is 2. The van der Waals surface area contributed by atoms with Gasteiger partial charge in [0.15, 0.2) is 5.15 Å². The molecule has 0 saturated heterocycles. The molecular weight excluding hydrogens is 364 g/mol. The fraction of sp³-hybridized carbons (Fsp3) is 0.154. The molecule has 0 spiro atoms. The summed E-state index contributed by atoms with van der Waals surface area (Å²) >= 11 is 9.24. The van der Waals surface area contributed by atoms with E-state index in [0.717, 1.165) is 15.6 Å². The Bertz CT molecular complexity index is 763. The van der Waals surface area contributed by atoms with Gasteiger partial charge in [-0.1, -0.05) is 27.5 Å². The predicted molar refractivity (Wildman–Crippen MR) is 83.7 cm³/mol. The average Bonchev–Trinajstić information content (AvgIpc) is 2.36. The fourth-order valence-corrected chi connectivity index (χ4v) is 3.21. The molecule has 0 amide bonds. The number of aryl methyl sites for hydroxylation is 2. The van der Waals surface area contributed by atoms with Crippen molar-refractivity contribution in [3.05, 3.63) is 51.2 Å². The number of sulfonamides is 1. The van der Waals surface area contributed by atoms with Crippen LogP contribution in [0.15, 0.2) is 39.8 Å². The summed E-state index contributed by atoms with van der Waals surface area (Å²) < 4.78 is 27.9. The van der Waals surface area contributed by atoms with Crippen LogP contribution >= 0.6 is 27.5 Å². The van der Waals surface area contributed by atoms with Crippen molar-refractivity contribution < 1.29 is 8.42 Å². The number of pyridine rings is 1. The van der Waals surface area contributed by atoms with E-state index < -0.39 is 10.0 Å². The predicted octanol–water partition coefficient (Wildman–Crippen LogP) is 3.92. The van der Waals surface area contributed by atoms with Crippen molar-refractivity contribution >= 4 is 43.2 Å². The van der Waals surface area contributed by atoms with E-state index in [-0.39, 0.29) is 15.7 Å². The lowest BCUT2D eigenvalue weighted by molar-refractivity contribution is 0.601. The van der Waals surface area contributed by atoms with Gasteiger partial charge in [-0.25, -0.2) is 13.4 Å². The largest absolute Gasteiger partial charge is 0.276 e. The van der Waals surface area contributed by atoms with Crippen molar-refractivity contribution in [3.63, 3.8) is 0 Å². The molecule has 0 aliphatic heterocycles. The first kappa shape index (κ1) is 15.3. The second-order valence-electron chi connectivity index (χ2n) is 4.37. The van der Waals surface area contributed by atoms with Crippen LogP contribution in [0.2, 0.25) is 5.15 Å². The van der Waals surface area contributed by atoms with Crippen LogP contribution in [-0.4, -0.2) is 13.4 Å². The van der Waals surface area contributed by atoms with Crippen molar-refractivity contribution in [2.45, 2.75) is 18.7 Å². The zero-order chi connectivity index (χ0) is 14.9. The van der Waals surface area contributed by atoms with E-state index in [1.807, 2.05) is 13.8 Å². The summed E-state index contributed by atoms with van der Waals surface area (Å²) in [6.07, 6.45) is 1.57. The van der Waals surface area contributed by atoms with Gasteiger partial charge in [0.2, 0.25) is 0 Å². The molecule has 0 saturated carbocycles. The average molecular weight is 376 g/mol. The SMILES string of the molecule is Cc1cnc(Cl)c(NS(=O)(=O)c2ccc(Br)c(C)c2)c1. The summed E-state index contributed by atoms with van der Waals surface area (Å²) in [4.78, 5) is 4.10. The van der Waals surface area contributed by atoms with Crippen LogP contribution < -0.4 is 4.72 Å². The lowest BCUT2D eigenvalue weighted by Gasteiger charge is -2.10. The first-order valence-corrected chi connectivity index (χ1v) is 8.36. The van der Waals surface area contributed by atoms with Crippen molar-refractivity contribution in [1.82, 2.24) is 4.98 Å². The maximum absolute atomic E-state index is 12.3. The van der Waals surface area contributed by atoms with E-state index in [0.29, 0.717) is 0 Å². The number of benzene rings is 1. The van der Waals surface area contributed by atoms with E-state index in [4.69, 9.17) is 11.6 Å². The molecule has 1 heterocycles. The molecule has 0 aliphatic rings. The summed E-state index contributed by atoms with van der Waals surface area (Å²) in [5, 5.41) is 0.119. The maximum atomic E-state index is 12.3. The Balaban J connectivity index is 2.40. The molecule has 0 atom stereocenters. The first-order valence-electron chi connectivity index (χ1n) is 5.71. The van der Waals surface area contributed by atoms with Crippen LogP contribution in [0.25, 0.3) is 0 Å². The van der Waals surface area contributed by atoms with Crippen molar-refractivity contribution in [2.24, 2.45) is 0 Å². The molecule has 106 valence electrons. The zero-order valence-corrected chi connectivity index (χ0v) is 14.0. The maximum Gasteiger partial charge on any atom is 0.262 e. The second kappa shape index (κ2) is 5.71. The highest BCUT2D eigenvalue weighted by Crippen LogP contribution is 2.25. The third kappa shape index (κ3) is 3.31. The quantitative estimate of drug-likeness (QED) is 0.827. The van der Waals surface area contributed by atoms with Gasteiger partial charge in [-0.05, 0) is 49.2 Å². The molecule has 1 aromatic heterocycles. The topological polar surface area (TPSA) is 59.1 Å². The molecule has 2 aromatic rings. The number of nitrogens with zero attached hydrogens (tertiary/aromatic N) is 1. The number of rotatable bonds is 3. The van der Waals surface area contributed by atoms with Crippen LogP contribution in [0, 0.1) is 13.8 Å². The molecule has 7 heteroatoms. The minimum Gasteiger partial charge on any atom is -0.276 e. The Morgan fingerprint density at radius 1 is 1.25 bits per heavy atom.